The number of rotatable bonds is 4. The Hall–Kier alpha value is -3.57. The van der Waals surface area contributed by atoms with Gasteiger partial charge in [-0.05, 0) is 42.0 Å². The maximum absolute atomic E-state index is 13.0. The van der Waals surface area contributed by atoms with Gasteiger partial charge in [0.2, 0.25) is 0 Å². The lowest BCUT2D eigenvalue weighted by atomic mass is 9.95. The number of nitrogens with zero attached hydrogens (tertiary/aromatic N) is 1. The van der Waals surface area contributed by atoms with E-state index in [-0.39, 0.29) is 11.3 Å². The summed E-state index contributed by atoms with van der Waals surface area (Å²) in [6.45, 7) is 0. The van der Waals surface area contributed by atoms with E-state index in [1.165, 1.54) is 4.90 Å². The van der Waals surface area contributed by atoms with Crippen LogP contribution in [0.5, 0.6) is 5.75 Å². The van der Waals surface area contributed by atoms with Crippen molar-refractivity contribution in [2.75, 3.05) is 12.0 Å². The number of carbonyl (C=O) groups excluding carboxylic acids is 2. The summed E-state index contributed by atoms with van der Waals surface area (Å²) in [5, 5.41) is 11.5. The standard InChI is InChI=1S/C24H18ClNO4/c1-30-19-13-11-18(12-14-19)26-21(15-7-9-17(25)10-8-15)20(23(28)24(26)29)22(27)16-5-3-2-4-6-16/h2-14,21,27H,1H3/t21-/m0/s1. The minimum Gasteiger partial charge on any atom is -0.507 e. The molecule has 6 heteroatoms. The molecule has 1 heterocycles. The lowest BCUT2D eigenvalue weighted by Crippen LogP contribution is -2.29. The van der Waals surface area contributed by atoms with Crippen molar-refractivity contribution >= 4 is 34.7 Å². The monoisotopic (exact) mass is 419 g/mol. The lowest BCUT2D eigenvalue weighted by molar-refractivity contribution is -0.132. The molecule has 3 aromatic rings. The number of aliphatic hydroxyl groups is 1. The van der Waals surface area contributed by atoms with Gasteiger partial charge in [0.25, 0.3) is 11.7 Å². The number of hydrogen-bond donors (Lipinski definition) is 1. The highest BCUT2D eigenvalue weighted by atomic mass is 35.5. The third-order valence-corrected chi connectivity index (χ3v) is 5.28. The number of aliphatic hydroxyl groups excluding tert-OH is 1. The highest BCUT2D eigenvalue weighted by molar-refractivity contribution is 6.51. The van der Waals surface area contributed by atoms with Crippen molar-refractivity contribution in [3.05, 3.63) is 101 Å². The summed E-state index contributed by atoms with van der Waals surface area (Å²) < 4.78 is 5.19. The largest absolute Gasteiger partial charge is 0.507 e. The average molecular weight is 420 g/mol. The molecule has 1 saturated heterocycles. The Labute approximate surface area is 178 Å². The van der Waals surface area contributed by atoms with Crippen molar-refractivity contribution < 1.29 is 19.4 Å². The number of halogens is 1. The van der Waals surface area contributed by atoms with Gasteiger partial charge in [0.1, 0.15) is 11.5 Å². The number of Topliss-reactive ketones (excluding diaryl/α,β-unsaturated/α-hetero) is 1. The molecular formula is C24H18ClNO4. The Morgan fingerprint density at radius 1 is 0.933 bits per heavy atom. The molecule has 150 valence electrons. The Balaban J connectivity index is 1.92. The van der Waals surface area contributed by atoms with Gasteiger partial charge in [-0.1, -0.05) is 54.1 Å². The fraction of sp³-hybridized carbons (Fsp3) is 0.0833. The SMILES string of the molecule is COc1ccc(N2C(=O)C(=O)C(=C(O)c3ccccc3)[C@@H]2c2ccc(Cl)cc2)cc1. The number of methoxy groups -OCH3 is 1. The van der Waals surface area contributed by atoms with Crippen molar-refractivity contribution in [2.45, 2.75) is 6.04 Å². The topological polar surface area (TPSA) is 66.8 Å². The molecule has 0 spiro atoms. The van der Waals surface area contributed by atoms with Gasteiger partial charge in [0.05, 0.1) is 18.7 Å². The average Bonchev–Trinajstić information content (AvgIpc) is 3.05. The molecule has 1 aliphatic heterocycles. The summed E-state index contributed by atoms with van der Waals surface area (Å²) in [4.78, 5) is 27.4. The van der Waals surface area contributed by atoms with Gasteiger partial charge in [-0.15, -0.1) is 0 Å². The van der Waals surface area contributed by atoms with Crippen molar-refractivity contribution in [3.63, 3.8) is 0 Å². The van der Waals surface area contributed by atoms with Crippen LogP contribution in [-0.4, -0.2) is 23.9 Å². The zero-order valence-corrected chi connectivity index (χ0v) is 16.8. The van der Waals surface area contributed by atoms with Gasteiger partial charge in [-0.3, -0.25) is 14.5 Å². The van der Waals surface area contributed by atoms with E-state index in [1.807, 2.05) is 6.07 Å². The van der Waals surface area contributed by atoms with E-state index in [4.69, 9.17) is 16.3 Å². The van der Waals surface area contributed by atoms with E-state index in [0.717, 1.165) is 0 Å². The zero-order chi connectivity index (χ0) is 21.3. The summed E-state index contributed by atoms with van der Waals surface area (Å²) in [5.41, 5.74) is 1.67. The van der Waals surface area contributed by atoms with Gasteiger partial charge in [0.15, 0.2) is 0 Å². The van der Waals surface area contributed by atoms with E-state index in [1.54, 1.807) is 79.9 Å². The van der Waals surface area contributed by atoms with Crippen molar-refractivity contribution in [3.8, 4) is 5.75 Å². The van der Waals surface area contributed by atoms with E-state index >= 15 is 0 Å². The van der Waals surface area contributed by atoms with Crippen LogP contribution in [-0.2, 0) is 9.59 Å². The fourth-order valence-electron chi connectivity index (χ4n) is 3.55. The Morgan fingerprint density at radius 2 is 1.57 bits per heavy atom. The van der Waals surface area contributed by atoms with Crippen LogP contribution in [0, 0.1) is 0 Å². The lowest BCUT2D eigenvalue weighted by Gasteiger charge is -2.25. The van der Waals surface area contributed by atoms with E-state index in [2.05, 4.69) is 0 Å². The molecule has 1 fully saturated rings. The summed E-state index contributed by atoms with van der Waals surface area (Å²) >= 11 is 6.03. The predicted molar refractivity (Wildman–Crippen MR) is 116 cm³/mol. The van der Waals surface area contributed by atoms with Crippen LogP contribution in [0.15, 0.2) is 84.4 Å². The summed E-state index contributed by atoms with van der Waals surface area (Å²) in [6, 6.07) is 21.6. The quantitative estimate of drug-likeness (QED) is 0.368. The number of carbonyl (C=O) groups is 2. The molecule has 1 aliphatic rings. The van der Waals surface area contributed by atoms with Crippen LogP contribution < -0.4 is 9.64 Å². The predicted octanol–water partition coefficient (Wildman–Crippen LogP) is 4.97. The van der Waals surface area contributed by atoms with Gasteiger partial charge in [-0.25, -0.2) is 0 Å². The van der Waals surface area contributed by atoms with Crippen LogP contribution in [0.25, 0.3) is 5.76 Å². The first-order chi connectivity index (χ1) is 14.5. The Kier molecular flexibility index (Phi) is 5.29. The van der Waals surface area contributed by atoms with Gasteiger partial charge < -0.3 is 9.84 Å². The second-order valence-electron chi connectivity index (χ2n) is 6.78. The molecular weight excluding hydrogens is 402 g/mol. The van der Waals surface area contributed by atoms with Crippen molar-refractivity contribution in [2.24, 2.45) is 0 Å². The van der Waals surface area contributed by atoms with Gasteiger partial charge in [0, 0.05) is 16.3 Å². The first kappa shape index (κ1) is 19.7. The number of anilines is 1. The maximum atomic E-state index is 13.0. The third kappa shape index (κ3) is 3.44. The molecule has 4 rings (SSSR count). The minimum atomic E-state index is -0.795. The van der Waals surface area contributed by atoms with Crippen LogP contribution in [0.2, 0.25) is 5.02 Å². The Morgan fingerprint density at radius 3 is 2.17 bits per heavy atom. The number of amides is 1. The summed E-state index contributed by atoms with van der Waals surface area (Å²) in [7, 11) is 1.55. The fourth-order valence-corrected chi connectivity index (χ4v) is 3.68. The second kappa shape index (κ2) is 8.05. The highest BCUT2D eigenvalue weighted by Gasteiger charge is 2.46. The highest BCUT2D eigenvalue weighted by Crippen LogP contribution is 2.42. The normalized spacial score (nSPS) is 17.9. The molecule has 1 amide bonds. The summed E-state index contributed by atoms with van der Waals surface area (Å²) in [5.74, 6) is -1.04. The molecule has 5 nitrogen and oxygen atoms in total. The second-order valence-corrected chi connectivity index (χ2v) is 7.22. The van der Waals surface area contributed by atoms with Crippen LogP contribution in [0.3, 0.4) is 0 Å². The van der Waals surface area contributed by atoms with Crippen LogP contribution in [0.4, 0.5) is 5.69 Å². The van der Waals surface area contributed by atoms with Crippen LogP contribution >= 0.6 is 11.6 Å². The van der Waals surface area contributed by atoms with E-state index in [0.29, 0.717) is 27.6 Å². The number of benzene rings is 3. The molecule has 30 heavy (non-hydrogen) atoms. The molecule has 1 atom stereocenters. The molecule has 1 N–H and O–H groups in total. The summed E-state index contributed by atoms with van der Waals surface area (Å²) in [6.07, 6.45) is 0. The van der Waals surface area contributed by atoms with Gasteiger partial charge >= 0.3 is 0 Å². The first-order valence-corrected chi connectivity index (χ1v) is 9.65. The number of ether oxygens (including phenoxy) is 1. The first-order valence-electron chi connectivity index (χ1n) is 9.27. The van der Waals surface area contributed by atoms with Crippen LogP contribution in [0.1, 0.15) is 17.2 Å². The third-order valence-electron chi connectivity index (χ3n) is 5.03. The molecule has 0 saturated carbocycles. The minimum absolute atomic E-state index is 0.0318. The molecule has 0 unspecified atom stereocenters. The molecule has 0 aromatic heterocycles. The smallest absolute Gasteiger partial charge is 0.300 e. The van der Waals surface area contributed by atoms with E-state index < -0.39 is 17.7 Å². The molecule has 0 bridgehead atoms. The molecule has 0 radical (unpaired) electrons. The molecule has 0 aliphatic carbocycles. The van der Waals surface area contributed by atoms with Gasteiger partial charge in [-0.2, -0.15) is 0 Å². The van der Waals surface area contributed by atoms with Crippen molar-refractivity contribution in [1.82, 2.24) is 0 Å². The zero-order valence-electron chi connectivity index (χ0n) is 16.1. The Bertz CT molecular complexity index is 1120. The molecule has 3 aromatic carbocycles. The van der Waals surface area contributed by atoms with Crippen molar-refractivity contribution in [1.29, 1.82) is 0 Å². The number of hydrogen-bond acceptors (Lipinski definition) is 4. The van der Waals surface area contributed by atoms with E-state index in [9.17, 15) is 14.7 Å². The maximum Gasteiger partial charge on any atom is 0.300 e. The number of ketones is 1.